The zero-order valence-corrected chi connectivity index (χ0v) is 15.7. The van der Waals surface area contributed by atoms with Crippen molar-refractivity contribution >= 4 is 28.3 Å². The molecule has 0 saturated carbocycles. The second-order valence-corrected chi connectivity index (χ2v) is 6.71. The topological polar surface area (TPSA) is 101 Å². The number of hydrogen-bond acceptors (Lipinski definition) is 4. The van der Waals surface area contributed by atoms with E-state index in [0.717, 1.165) is 33.6 Å². The maximum Gasteiger partial charge on any atom is 0.253 e. The Morgan fingerprint density at radius 1 is 1.15 bits per heavy atom. The minimum Gasteiger partial charge on any atom is -0.496 e. The molecule has 7 heteroatoms. The molecule has 3 aromatic heterocycles. The molecule has 0 aliphatic rings. The first kappa shape index (κ1) is 17.0. The lowest BCUT2D eigenvalue weighted by atomic mass is 10.1. The third kappa shape index (κ3) is 2.21. The van der Waals surface area contributed by atoms with E-state index in [-0.39, 0.29) is 0 Å². The number of ether oxygens (including phenoxy) is 1. The molecule has 0 bridgehead atoms. The monoisotopic (exact) mass is 363 g/mol. The summed E-state index contributed by atoms with van der Waals surface area (Å²) >= 11 is 0. The number of pyridine rings is 1. The molecular formula is C20H21N5O2. The summed E-state index contributed by atoms with van der Waals surface area (Å²) in [6.07, 6.45) is 1.73. The van der Waals surface area contributed by atoms with Gasteiger partial charge in [-0.1, -0.05) is 6.07 Å². The molecule has 1 amide bonds. The highest BCUT2D eigenvalue weighted by Gasteiger charge is 2.25. The lowest BCUT2D eigenvalue weighted by Gasteiger charge is -2.17. The van der Waals surface area contributed by atoms with E-state index in [0.29, 0.717) is 22.4 Å². The van der Waals surface area contributed by atoms with Gasteiger partial charge in [0.2, 0.25) is 0 Å². The molecule has 0 radical (unpaired) electrons. The number of carbonyl (C=O) groups excluding carboxylic acids is 1. The highest BCUT2D eigenvalue weighted by Crippen LogP contribution is 2.37. The Hall–Kier alpha value is -3.48. The normalized spacial score (nSPS) is 11.4. The van der Waals surface area contributed by atoms with Crippen LogP contribution in [0.2, 0.25) is 0 Å². The van der Waals surface area contributed by atoms with Crippen LogP contribution >= 0.6 is 0 Å². The quantitative estimate of drug-likeness (QED) is 0.584. The number of carbonyl (C=O) groups is 1. The van der Waals surface area contributed by atoms with Crippen molar-refractivity contribution in [2.24, 2.45) is 5.73 Å². The Bertz CT molecular complexity index is 1230. The first-order valence-electron chi connectivity index (χ1n) is 8.58. The fourth-order valence-corrected chi connectivity index (χ4v) is 3.87. The maximum absolute atomic E-state index is 12.2. The van der Waals surface area contributed by atoms with Gasteiger partial charge in [-0.2, -0.15) is 5.10 Å². The van der Waals surface area contributed by atoms with E-state index in [1.54, 1.807) is 17.8 Å². The first-order chi connectivity index (χ1) is 12.9. The van der Waals surface area contributed by atoms with Gasteiger partial charge in [-0.05, 0) is 50.1 Å². The average Bonchev–Trinajstić information content (AvgIpc) is 3.19. The summed E-state index contributed by atoms with van der Waals surface area (Å²) in [5.74, 6) is 0.459. The zero-order chi connectivity index (χ0) is 19.5. The van der Waals surface area contributed by atoms with E-state index in [2.05, 4.69) is 5.10 Å². The molecule has 0 fully saturated rings. The van der Waals surface area contributed by atoms with Gasteiger partial charge in [0.05, 0.1) is 30.1 Å². The maximum atomic E-state index is 12.2. The van der Waals surface area contributed by atoms with Crippen LogP contribution in [-0.4, -0.2) is 27.2 Å². The number of nitrogens with zero attached hydrogens (tertiary/aromatic N) is 3. The number of nitrogen functional groups attached to an aromatic ring is 1. The largest absolute Gasteiger partial charge is 0.496 e. The van der Waals surface area contributed by atoms with Gasteiger partial charge in [-0.3, -0.25) is 9.36 Å². The van der Waals surface area contributed by atoms with Crippen LogP contribution in [0.15, 0.2) is 30.5 Å². The van der Waals surface area contributed by atoms with Crippen molar-refractivity contribution in [2.45, 2.75) is 20.8 Å². The summed E-state index contributed by atoms with van der Waals surface area (Å²) in [6, 6.07) is 7.74. The Morgan fingerprint density at radius 3 is 2.56 bits per heavy atom. The van der Waals surface area contributed by atoms with E-state index in [1.165, 1.54) is 0 Å². The summed E-state index contributed by atoms with van der Waals surface area (Å²) in [5.41, 5.74) is 17.8. The Morgan fingerprint density at radius 2 is 1.89 bits per heavy atom. The van der Waals surface area contributed by atoms with Gasteiger partial charge in [0.1, 0.15) is 17.2 Å². The van der Waals surface area contributed by atoms with Gasteiger partial charge in [0, 0.05) is 10.9 Å². The number of hydrogen-bond donors (Lipinski definition) is 2. The molecular weight excluding hydrogens is 342 g/mol. The summed E-state index contributed by atoms with van der Waals surface area (Å²) in [6.45, 7) is 5.92. The van der Waals surface area contributed by atoms with Crippen molar-refractivity contribution in [3.05, 3.63) is 52.7 Å². The van der Waals surface area contributed by atoms with Crippen LogP contribution in [0, 0.1) is 20.8 Å². The second kappa shape index (κ2) is 5.77. The number of anilines is 1. The number of aromatic nitrogens is 3. The predicted octanol–water partition coefficient (Wildman–Crippen LogP) is 2.89. The molecule has 0 unspecified atom stereocenters. The number of amides is 1. The van der Waals surface area contributed by atoms with E-state index in [1.807, 2.05) is 49.6 Å². The first-order valence-corrected chi connectivity index (χ1v) is 8.58. The molecule has 0 atom stereocenters. The predicted molar refractivity (Wildman–Crippen MR) is 106 cm³/mol. The van der Waals surface area contributed by atoms with Crippen LogP contribution in [0.3, 0.4) is 0 Å². The van der Waals surface area contributed by atoms with E-state index >= 15 is 0 Å². The third-order valence-electron chi connectivity index (χ3n) is 5.10. The smallest absolute Gasteiger partial charge is 0.253 e. The minimum absolute atomic E-state index is 0.291. The summed E-state index contributed by atoms with van der Waals surface area (Å²) < 4.78 is 9.14. The summed E-state index contributed by atoms with van der Waals surface area (Å²) in [7, 11) is 1.63. The van der Waals surface area contributed by atoms with Crippen LogP contribution in [0.5, 0.6) is 5.75 Å². The van der Waals surface area contributed by atoms with E-state index < -0.39 is 5.91 Å². The SMILES string of the molecule is COc1ccc(C)c(-n2c(N)c(C(N)=O)c3cc(C)c4ccnn4c32)c1C. The lowest BCUT2D eigenvalue weighted by Crippen LogP contribution is -2.14. The molecule has 0 aliphatic carbocycles. The van der Waals surface area contributed by atoms with Gasteiger partial charge in [0.15, 0.2) is 0 Å². The molecule has 4 rings (SSSR count). The Kier molecular flexibility index (Phi) is 3.62. The molecule has 1 aromatic carbocycles. The Balaban J connectivity index is 2.28. The fourth-order valence-electron chi connectivity index (χ4n) is 3.87. The number of primary amides is 1. The molecule has 3 heterocycles. The highest BCUT2D eigenvalue weighted by molar-refractivity contribution is 6.11. The van der Waals surface area contributed by atoms with E-state index in [9.17, 15) is 4.79 Å². The fraction of sp³-hybridized carbons (Fsp3) is 0.200. The van der Waals surface area contributed by atoms with Crippen molar-refractivity contribution in [3.8, 4) is 11.4 Å². The Labute approximate surface area is 156 Å². The van der Waals surface area contributed by atoms with Gasteiger partial charge in [-0.25, -0.2) is 4.52 Å². The van der Waals surface area contributed by atoms with Crippen LogP contribution in [0.4, 0.5) is 5.82 Å². The molecule has 7 nitrogen and oxygen atoms in total. The number of rotatable bonds is 3. The van der Waals surface area contributed by atoms with Crippen LogP contribution < -0.4 is 16.2 Å². The van der Waals surface area contributed by atoms with Gasteiger partial charge < -0.3 is 16.2 Å². The molecule has 4 N–H and O–H groups in total. The number of nitrogens with two attached hydrogens (primary N) is 2. The standard InChI is InChI=1S/C20H21N5O2/c1-10-5-6-15(27-4)12(3)17(10)24-18(21)16(19(22)26)13-9-11(2)14-7-8-23-25(14)20(13)24/h5-9H,21H2,1-4H3,(H2,22,26). The lowest BCUT2D eigenvalue weighted by molar-refractivity contribution is 0.100. The molecule has 0 saturated heterocycles. The van der Waals surface area contributed by atoms with Crippen molar-refractivity contribution < 1.29 is 9.53 Å². The van der Waals surface area contributed by atoms with Gasteiger partial charge in [-0.15, -0.1) is 0 Å². The second-order valence-electron chi connectivity index (χ2n) is 6.71. The van der Waals surface area contributed by atoms with Crippen LogP contribution in [-0.2, 0) is 0 Å². The molecule has 138 valence electrons. The molecule has 0 aliphatic heterocycles. The summed E-state index contributed by atoms with van der Waals surface area (Å²) in [5, 5.41) is 5.14. The van der Waals surface area contributed by atoms with Gasteiger partial charge >= 0.3 is 0 Å². The third-order valence-corrected chi connectivity index (χ3v) is 5.10. The number of benzene rings is 1. The van der Waals surface area contributed by atoms with Crippen molar-refractivity contribution in [1.29, 1.82) is 0 Å². The van der Waals surface area contributed by atoms with Gasteiger partial charge in [0.25, 0.3) is 5.91 Å². The van der Waals surface area contributed by atoms with Crippen molar-refractivity contribution in [1.82, 2.24) is 14.2 Å². The summed E-state index contributed by atoms with van der Waals surface area (Å²) in [4.78, 5) is 12.2. The average molecular weight is 363 g/mol. The molecule has 0 spiro atoms. The minimum atomic E-state index is -0.569. The molecule has 27 heavy (non-hydrogen) atoms. The van der Waals surface area contributed by atoms with Crippen LogP contribution in [0.25, 0.3) is 22.2 Å². The van der Waals surface area contributed by atoms with Crippen molar-refractivity contribution in [3.63, 3.8) is 0 Å². The van der Waals surface area contributed by atoms with E-state index in [4.69, 9.17) is 16.2 Å². The number of aryl methyl sites for hydroxylation is 2. The number of fused-ring (bicyclic) bond motifs is 3. The number of methoxy groups -OCH3 is 1. The van der Waals surface area contributed by atoms with Crippen molar-refractivity contribution in [2.75, 3.05) is 12.8 Å². The molecule has 4 aromatic rings. The zero-order valence-electron chi connectivity index (χ0n) is 15.7. The highest BCUT2D eigenvalue weighted by atomic mass is 16.5. The van der Waals surface area contributed by atoms with Crippen LogP contribution in [0.1, 0.15) is 27.0 Å².